The topological polar surface area (TPSA) is 115 Å². The minimum atomic E-state index is -0.985. The molecule has 0 saturated carbocycles. The van der Waals surface area contributed by atoms with Crippen LogP contribution in [0.4, 0.5) is 0 Å². The van der Waals surface area contributed by atoms with E-state index in [2.05, 4.69) is 99.0 Å². The van der Waals surface area contributed by atoms with Gasteiger partial charge in [-0.05, 0) is 134 Å². The molecule has 0 aromatic carbocycles. The highest BCUT2D eigenvalue weighted by molar-refractivity contribution is 5.95. The molecule has 0 spiro atoms. The fourth-order valence-corrected chi connectivity index (χ4v) is 8.83. The summed E-state index contributed by atoms with van der Waals surface area (Å²) in [6.45, 7) is 26.0. The summed E-state index contributed by atoms with van der Waals surface area (Å²) >= 11 is 0. The predicted octanol–water partition coefficient (Wildman–Crippen LogP) is 7.28. The van der Waals surface area contributed by atoms with E-state index in [1.165, 1.54) is 0 Å². The summed E-state index contributed by atoms with van der Waals surface area (Å²) in [4.78, 5) is 40.3. The van der Waals surface area contributed by atoms with E-state index in [0.29, 0.717) is 44.9 Å². The number of unbranched alkanes of at least 4 members (excludes halogenated alkanes) is 2. The van der Waals surface area contributed by atoms with Gasteiger partial charge in [0.1, 0.15) is 18.3 Å². The summed E-state index contributed by atoms with van der Waals surface area (Å²) in [5.41, 5.74) is -0.664. The van der Waals surface area contributed by atoms with Crippen molar-refractivity contribution in [1.29, 1.82) is 0 Å². The molecule has 3 aliphatic rings. The Labute approximate surface area is 292 Å². The minimum Gasteiger partial charge on any atom is -0.462 e. The molecule has 3 rings (SSSR count). The second-order valence-electron chi connectivity index (χ2n) is 19.3. The van der Waals surface area contributed by atoms with Crippen LogP contribution in [0.2, 0.25) is 0 Å². The molecule has 3 N–H and O–H groups in total. The van der Waals surface area contributed by atoms with Gasteiger partial charge in [-0.15, -0.1) is 0 Å². The molecule has 9 nitrogen and oxygen atoms in total. The summed E-state index contributed by atoms with van der Waals surface area (Å²) in [5, 5.41) is 11.1. The van der Waals surface area contributed by atoms with E-state index in [1.807, 2.05) is 0 Å². The van der Waals surface area contributed by atoms with Crippen LogP contribution >= 0.6 is 0 Å². The lowest BCUT2D eigenvalue weighted by molar-refractivity contribution is -0.170. The van der Waals surface area contributed by atoms with Gasteiger partial charge in [-0.2, -0.15) is 0 Å². The number of carbonyl (C=O) groups is 3. The van der Waals surface area contributed by atoms with Gasteiger partial charge >= 0.3 is 17.9 Å². The lowest BCUT2D eigenvalue weighted by atomic mass is 9.95. The summed E-state index contributed by atoms with van der Waals surface area (Å²) in [6.07, 6.45) is 9.12. The first-order valence-corrected chi connectivity index (χ1v) is 18.8. The SMILES string of the molecule is CC1(C)CCC(OC(=O)CCCCCC(C(=O)OC2CCC(C)(C)NC(C)(C)C2)C(=O)OC2CCC(C)(C)NC(C)(C)C2)CC(C)(C)N1. The van der Waals surface area contributed by atoms with Crippen molar-refractivity contribution >= 4 is 17.9 Å². The van der Waals surface area contributed by atoms with Crippen LogP contribution in [0.15, 0.2) is 0 Å². The van der Waals surface area contributed by atoms with Crippen molar-refractivity contribution in [3.63, 3.8) is 0 Å². The quantitative estimate of drug-likeness (QED) is 0.0898. The molecule has 0 aromatic heterocycles. The molecule has 3 aliphatic heterocycles. The van der Waals surface area contributed by atoms with Gasteiger partial charge in [0.2, 0.25) is 0 Å². The zero-order valence-electron chi connectivity index (χ0n) is 32.7. The van der Waals surface area contributed by atoms with Gasteiger partial charge in [-0.25, -0.2) is 0 Å². The van der Waals surface area contributed by atoms with Crippen LogP contribution in [-0.2, 0) is 28.6 Å². The van der Waals surface area contributed by atoms with Crippen molar-refractivity contribution in [1.82, 2.24) is 16.0 Å². The maximum Gasteiger partial charge on any atom is 0.320 e. The lowest BCUT2D eigenvalue weighted by Crippen LogP contribution is -2.51. The average molecular weight is 678 g/mol. The third-order valence-electron chi connectivity index (χ3n) is 10.3. The second-order valence-corrected chi connectivity index (χ2v) is 19.3. The van der Waals surface area contributed by atoms with Crippen molar-refractivity contribution in [3.8, 4) is 0 Å². The number of hydrogen-bond acceptors (Lipinski definition) is 9. The molecule has 3 heterocycles. The highest BCUT2D eigenvalue weighted by Crippen LogP contribution is 2.33. The van der Waals surface area contributed by atoms with Gasteiger partial charge < -0.3 is 30.2 Å². The predicted molar refractivity (Wildman–Crippen MR) is 192 cm³/mol. The van der Waals surface area contributed by atoms with E-state index in [-0.39, 0.29) is 57.5 Å². The molecule has 3 saturated heterocycles. The molecule has 3 fully saturated rings. The van der Waals surface area contributed by atoms with Crippen LogP contribution in [0.3, 0.4) is 0 Å². The maximum absolute atomic E-state index is 13.8. The Kier molecular flexibility index (Phi) is 13.3. The smallest absolute Gasteiger partial charge is 0.320 e. The number of hydrogen-bond donors (Lipinski definition) is 3. The molecule has 3 atom stereocenters. The minimum absolute atomic E-state index is 0.00325. The molecule has 48 heavy (non-hydrogen) atoms. The number of esters is 3. The van der Waals surface area contributed by atoms with Gasteiger partial charge in [0.15, 0.2) is 5.92 Å². The number of ether oxygens (including phenoxy) is 3. The Morgan fingerprint density at radius 1 is 0.521 bits per heavy atom. The Bertz CT molecular complexity index is 1060. The number of rotatable bonds is 11. The van der Waals surface area contributed by atoms with Crippen molar-refractivity contribution in [2.75, 3.05) is 0 Å². The van der Waals surface area contributed by atoms with E-state index in [0.717, 1.165) is 44.9 Å². The van der Waals surface area contributed by atoms with Crippen LogP contribution < -0.4 is 16.0 Å². The van der Waals surface area contributed by atoms with E-state index in [4.69, 9.17) is 14.2 Å². The molecule has 0 bridgehead atoms. The zero-order chi connectivity index (χ0) is 36.2. The van der Waals surface area contributed by atoms with Gasteiger partial charge in [-0.3, -0.25) is 14.4 Å². The molecule has 3 unspecified atom stereocenters. The summed E-state index contributed by atoms with van der Waals surface area (Å²) in [5.74, 6) is -2.14. The molecule has 9 heteroatoms. The Morgan fingerprint density at radius 3 is 1.25 bits per heavy atom. The molecule has 0 aromatic rings. The summed E-state index contributed by atoms with van der Waals surface area (Å²) < 4.78 is 18.2. The van der Waals surface area contributed by atoms with E-state index in [1.54, 1.807) is 0 Å². The first-order chi connectivity index (χ1) is 21.9. The van der Waals surface area contributed by atoms with E-state index < -0.39 is 17.9 Å². The third kappa shape index (κ3) is 13.9. The molecular weight excluding hydrogens is 606 g/mol. The largest absolute Gasteiger partial charge is 0.462 e. The molecule has 0 radical (unpaired) electrons. The molecular formula is C39H71N3O6. The van der Waals surface area contributed by atoms with Crippen molar-refractivity contribution in [2.45, 2.75) is 225 Å². The summed E-state index contributed by atoms with van der Waals surface area (Å²) in [7, 11) is 0. The van der Waals surface area contributed by atoms with Crippen LogP contribution in [-0.4, -0.2) is 69.5 Å². The summed E-state index contributed by atoms with van der Waals surface area (Å²) in [6, 6.07) is 0. The Morgan fingerprint density at radius 2 is 0.875 bits per heavy atom. The van der Waals surface area contributed by atoms with Crippen molar-refractivity contribution < 1.29 is 28.6 Å². The van der Waals surface area contributed by atoms with Gasteiger partial charge in [0, 0.05) is 58.9 Å². The van der Waals surface area contributed by atoms with Gasteiger partial charge in [0.05, 0.1) is 0 Å². The van der Waals surface area contributed by atoms with E-state index in [9.17, 15) is 14.4 Å². The molecule has 278 valence electrons. The highest BCUT2D eigenvalue weighted by Gasteiger charge is 2.41. The zero-order valence-corrected chi connectivity index (χ0v) is 32.7. The first-order valence-electron chi connectivity index (χ1n) is 18.8. The van der Waals surface area contributed by atoms with Crippen LogP contribution in [0.25, 0.3) is 0 Å². The first kappa shape index (κ1) is 40.7. The average Bonchev–Trinajstić information content (AvgIpc) is 3.12. The van der Waals surface area contributed by atoms with Crippen molar-refractivity contribution in [2.24, 2.45) is 5.92 Å². The van der Waals surface area contributed by atoms with Crippen LogP contribution in [0.5, 0.6) is 0 Å². The normalized spacial score (nSPS) is 29.6. The standard InChI is InChI=1S/C39H71N3O6/c1-34(2)21-18-27(24-37(7,8)40-34)46-31(43)17-15-13-14-16-30(32(44)47-28-19-22-35(3,4)41-38(9,10)25-28)33(45)48-29-20-23-36(5,6)42-39(11,12)26-29/h27-30,40-42H,13-26H2,1-12H3. The third-order valence-corrected chi connectivity index (χ3v) is 10.3. The number of nitrogens with one attached hydrogen (secondary N) is 3. The second kappa shape index (κ2) is 15.7. The Hall–Kier alpha value is -1.71. The maximum atomic E-state index is 13.8. The monoisotopic (exact) mass is 678 g/mol. The fraction of sp³-hybridized carbons (Fsp3) is 0.923. The highest BCUT2D eigenvalue weighted by atomic mass is 16.6. The van der Waals surface area contributed by atoms with Crippen LogP contribution in [0, 0.1) is 5.92 Å². The Balaban J connectivity index is 1.60. The fourth-order valence-electron chi connectivity index (χ4n) is 8.83. The molecule has 0 amide bonds. The van der Waals surface area contributed by atoms with Crippen molar-refractivity contribution in [3.05, 3.63) is 0 Å². The van der Waals surface area contributed by atoms with Gasteiger partial charge in [0.25, 0.3) is 0 Å². The number of carbonyl (C=O) groups excluding carboxylic acids is 3. The molecule has 0 aliphatic carbocycles. The van der Waals surface area contributed by atoms with Crippen LogP contribution in [0.1, 0.15) is 173 Å². The lowest BCUT2D eigenvalue weighted by Gasteiger charge is -2.34. The van der Waals surface area contributed by atoms with Gasteiger partial charge in [-0.1, -0.05) is 12.8 Å². The van der Waals surface area contributed by atoms with E-state index >= 15 is 0 Å².